The molecule has 172 valence electrons. The summed E-state index contributed by atoms with van der Waals surface area (Å²) in [5.74, 6) is 1.11. The highest BCUT2D eigenvalue weighted by Gasteiger charge is 2.45. The molecule has 2 aliphatic heterocycles. The molecule has 0 radical (unpaired) electrons. The van der Waals surface area contributed by atoms with Crippen LogP contribution in [-0.2, 0) is 14.3 Å². The molecular weight excluding hydrogens is 385 g/mol. The van der Waals surface area contributed by atoms with Crippen molar-refractivity contribution in [1.29, 1.82) is 0 Å². The first-order valence-electron chi connectivity index (χ1n) is 12.0. The smallest absolute Gasteiger partial charge is 0.323 e. The van der Waals surface area contributed by atoms with E-state index in [1.54, 1.807) is 0 Å². The van der Waals surface area contributed by atoms with Gasteiger partial charge in [0.2, 0.25) is 0 Å². The molecule has 1 N–H and O–H groups in total. The van der Waals surface area contributed by atoms with Gasteiger partial charge in [-0.25, -0.2) is 4.39 Å². The summed E-state index contributed by atoms with van der Waals surface area (Å²) >= 11 is 0. The molecule has 2 saturated carbocycles. The second-order valence-electron chi connectivity index (χ2n) is 10.0. The van der Waals surface area contributed by atoms with E-state index in [-0.39, 0.29) is 12.0 Å². The van der Waals surface area contributed by atoms with Gasteiger partial charge in [-0.1, -0.05) is 0 Å². The van der Waals surface area contributed by atoms with Gasteiger partial charge in [-0.05, 0) is 69.6 Å². The van der Waals surface area contributed by atoms with Crippen molar-refractivity contribution in [1.82, 2.24) is 15.1 Å². The number of carbonyl (C=O) groups excluding carboxylic acids is 1. The van der Waals surface area contributed by atoms with Crippen molar-refractivity contribution in [3.63, 3.8) is 0 Å². The highest BCUT2D eigenvalue weighted by molar-refractivity contribution is 5.76. The Hall–Kier alpha value is -0.760. The minimum absolute atomic E-state index is 0.120. The van der Waals surface area contributed by atoms with Crippen LogP contribution in [0.25, 0.3) is 0 Å². The molecule has 0 spiro atoms. The van der Waals surface area contributed by atoms with Crippen molar-refractivity contribution in [2.75, 3.05) is 40.5 Å². The zero-order chi connectivity index (χ0) is 21.1. The van der Waals surface area contributed by atoms with Gasteiger partial charge >= 0.3 is 5.97 Å². The van der Waals surface area contributed by atoms with Crippen molar-refractivity contribution < 1.29 is 18.7 Å². The zero-order valence-electron chi connectivity index (χ0n) is 18.7. The van der Waals surface area contributed by atoms with Crippen molar-refractivity contribution in [2.24, 2.45) is 11.8 Å². The maximum atomic E-state index is 13.6. The lowest BCUT2D eigenvalue weighted by molar-refractivity contribution is -0.149. The van der Waals surface area contributed by atoms with E-state index in [0.717, 1.165) is 51.5 Å². The summed E-state index contributed by atoms with van der Waals surface area (Å²) in [6, 6.07) is 0.620. The first-order valence-corrected chi connectivity index (χ1v) is 12.0. The van der Waals surface area contributed by atoms with Crippen molar-refractivity contribution in [3.05, 3.63) is 0 Å². The lowest BCUT2D eigenvalue weighted by atomic mass is 9.85. The van der Waals surface area contributed by atoms with Crippen molar-refractivity contribution in [2.45, 2.75) is 88.2 Å². The van der Waals surface area contributed by atoms with Crippen molar-refractivity contribution >= 4 is 5.97 Å². The first-order chi connectivity index (χ1) is 14.6. The molecule has 4 aliphatic rings. The molecule has 3 atom stereocenters. The summed E-state index contributed by atoms with van der Waals surface area (Å²) in [7, 11) is 3.32. The van der Waals surface area contributed by atoms with Crippen LogP contribution in [0.4, 0.5) is 4.39 Å². The fraction of sp³-hybridized carbons (Fsp3) is 0.957. The third-order valence-electron chi connectivity index (χ3n) is 8.19. The SMILES string of the molecule is COC(=O)C1CC2NCN(CC3CCC(OC)CC3)C2CN1CC1CCC(F)CC1. The fourth-order valence-electron chi connectivity index (χ4n) is 6.28. The molecule has 4 rings (SSSR count). The van der Waals surface area contributed by atoms with Crippen LogP contribution in [0.2, 0.25) is 0 Å². The van der Waals surface area contributed by atoms with Crippen LogP contribution in [0.15, 0.2) is 0 Å². The Labute approximate surface area is 180 Å². The summed E-state index contributed by atoms with van der Waals surface area (Å²) in [5, 5.41) is 3.67. The number of methoxy groups -OCH3 is 2. The predicted octanol–water partition coefficient (Wildman–Crippen LogP) is 2.57. The molecule has 30 heavy (non-hydrogen) atoms. The molecule has 4 fully saturated rings. The number of fused-ring (bicyclic) bond motifs is 1. The number of halogens is 1. The highest BCUT2D eigenvalue weighted by Crippen LogP contribution is 2.33. The van der Waals surface area contributed by atoms with Gasteiger partial charge in [0, 0.05) is 45.5 Å². The van der Waals surface area contributed by atoms with Gasteiger partial charge in [-0.15, -0.1) is 0 Å². The van der Waals surface area contributed by atoms with Crippen LogP contribution >= 0.6 is 0 Å². The van der Waals surface area contributed by atoms with E-state index in [0.29, 0.717) is 36.9 Å². The number of esters is 1. The van der Waals surface area contributed by atoms with Gasteiger partial charge in [0.05, 0.1) is 13.2 Å². The van der Waals surface area contributed by atoms with Gasteiger partial charge in [0.25, 0.3) is 0 Å². The molecule has 0 aromatic heterocycles. The summed E-state index contributed by atoms with van der Waals surface area (Å²) in [5.41, 5.74) is 0. The van der Waals surface area contributed by atoms with E-state index in [1.165, 1.54) is 32.8 Å². The van der Waals surface area contributed by atoms with E-state index in [1.807, 2.05) is 7.11 Å². The zero-order valence-corrected chi connectivity index (χ0v) is 18.7. The van der Waals surface area contributed by atoms with Crippen LogP contribution < -0.4 is 5.32 Å². The summed E-state index contributed by atoms with van der Waals surface area (Å²) < 4.78 is 24.3. The van der Waals surface area contributed by atoms with E-state index >= 15 is 0 Å². The largest absolute Gasteiger partial charge is 0.468 e. The van der Waals surface area contributed by atoms with E-state index in [2.05, 4.69) is 15.1 Å². The first kappa shape index (κ1) is 22.4. The molecule has 2 saturated heterocycles. The normalized spacial score (nSPS) is 40.8. The third-order valence-corrected chi connectivity index (χ3v) is 8.19. The third kappa shape index (κ3) is 5.17. The quantitative estimate of drug-likeness (QED) is 0.660. The summed E-state index contributed by atoms with van der Waals surface area (Å²) in [4.78, 5) is 17.5. The Kier molecular flexibility index (Phi) is 7.66. The molecular formula is C23H40FN3O3. The van der Waals surface area contributed by atoms with Crippen molar-refractivity contribution in [3.8, 4) is 0 Å². The Balaban J connectivity index is 1.37. The lowest BCUT2D eigenvalue weighted by Gasteiger charge is -2.44. The average Bonchev–Trinajstić information content (AvgIpc) is 3.16. The Morgan fingerprint density at radius 3 is 2.23 bits per heavy atom. The number of alkyl halides is 1. The molecule has 0 aromatic rings. The molecule has 0 amide bonds. The minimum Gasteiger partial charge on any atom is -0.468 e. The van der Waals surface area contributed by atoms with Gasteiger partial charge in [0.1, 0.15) is 12.2 Å². The molecule has 2 heterocycles. The second kappa shape index (κ2) is 10.2. The summed E-state index contributed by atoms with van der Waals surface area (Å²) in [6.45, 7) is 3.84. The highest BCUT2D eigenvalue weighted by atomic mass is 19.1. The number of rotatable bonds is 6. The number of ether oxygens (including phenoxy) is 2. The van der Waals surface area contributed by atoms with Crippen LogP contribution in [0, 0.1) is 11.8 Å². The Bertz CT molecular complexity index is 564. The Morgan fingerprint density at radius 2 is 1.60 bits per heavy atom. The standard InChI is InChI=1S/C23H40FN3O3/c1-29-19-9-5-17(6-10-19)13-27-15-25-20-11-21(23(28)30-2)26(14-22(20)27)12-16-3-7-18(24)8-4-16/h16-22,25H,3-15H2,1-2H3. The van der Waals surface area contributed by atoms with Crippen LogP contribution in [0.5, 0.6) is 0 Å². The number of hydrogen-bond donors (Lipinski definition) is 1. The molecule has 0 aromatic carbocycles. The van der Waals surface area contributed by atoms with Gasteiger partial charge in [-0.2, -0.15) is 0 Å². The average molecular weight is 426 g/mol. The van der Waals surface area contributed by atoms with E-state index < -0.39 is 6.17 Å². The molecule has 6 nitrogen and oxygen atoms in total. The number of nitrogens with zero attached hydrogens (tertiary/aromatic N) is 2. The maximum absolute atomic E-state index is 13.6. The van der Waals surface area contributed by atoms with Gasteiger partial charge < -0.3 is 9.47 Å². The number of likely N-dealkylation sites (tertiary alicyclic amines) is 1. The van der Waals surface area contributed by atoms with Gasteiger partial charge in [-0.3, -0.25) is 19.9 Å². The maximum Gasteiger partial charge on any atom is 0.323 e. The van der Waals surface area contributed by atoms with E-state index in [9.17, 15) is 9.18 Å². The van der Waals surface area contributed by atoms with E-state index in [4.69, 9.17) is 9.47 Å². The minimum atomic E-state index is -0.633. The number of nitrogens with one attached hydrogen (secondary N) is 1. The molecule has 7 heteroatoms. The lowest BCUT2D eigenvalue weighted by Crippen LogP contribution is -2.59. The van der Waals surface area contributed by atoms with Crippen LogP contribution in [0.1, 0.15) is 57.8 Å². The Morgan fingerprint density at radius 1 is 0.967 bits per heavy atom. The number of carbonyl (C=O) groups is 1. The predicted molar refractivity (Wildman–Crippen MR) is 114 cm³/mol. The topological polar surface area (TPSA) is 54.0 Å². The second-order valence-corrected chi connectivity index (χ2v) is 10.0. The van der Waals surface area contributed by atoms with Gasteiger partial charge in [0.15, 0.2) is 0 Å². The van der Waals surface area contributed by atoms with Crippen LogP contribution in [-0.4, -0.2) is 86.7 Å². The monoisotopic (exact) mass is 425 g/mol. The molecule has 0 bridgehead atoms. The number of piperidine rings is 1. The molecule has 3 unspecified atom stereocenters. The van der Waals surface area contributed by atoms with Crippen LogP contribution in [0.3, 0.4) is 0 Å². The fourth-order valence-corrected chi connectivity index (χ4v) is 6.28. The molecule has 2 aliphatic carbocycles. The summed E-state index contributed by atoms with van der Waals surface area (Å²) in [6.07, 6.45) is 8.66. The number of hydrogen-bond acceptors (Lipinski definition) is 6.